The molecule has 0 aromatic carbocycles. The van der Waals surface area contributed by atoms with Gasteiger partial charge in [-0.3, -0.25) is 4.68 Å². The number of carbonyl (C=O) groups is 1. The van der Waals surface area contributed by atoms with Crippen LogP contribution < -0.4 is 4.74 Å². The van der Waals surface area contributed by atoms with Crippen molar-refractivity contribution in [3.63, 3.8) is 0 Å². The summed E-state index contributed by atoms with van der Waals surface area (Å²) in [5, 5.41) is 13.0. The number of rotatable bonds is 3. The molecule has 0 amide bonds. The van der Waals surface area contributed by atoms with Gasteiger partial charge in [-0.1, -0.05) is 0 Å². The van der Waals surface area contributed by atoms with Crippen molar-refractivity contribution in [1.29, 1.82) is 0 Å². The summed E-state index contributed by atoms with van der Waals surface area (Å²) in [6.45, 7) is 0. The van der Waals surface area contributed by atoms with E-state index in [1.165, 1.54) is 17.9 Å². The molecule has 0 spiro atoms. The van der Waals surface area contributed by atoms with E-state index >= 15 is 0 Å². The monoisotopic (exact) mass is 301 g/mol. The van der Waals surface area contributed by atoms with E-state index in [0.717, 1.165) is 19.4 Å². The first-order valence-corrected chi connectivity index (χ1v) is 5.62. The molecule has 0 radical (unpaired) electrons. The molecular formula is C12H10F3N3O3. The second-order valence-corrected chi connectivity index (χ2v) is 4.14. The zero-order valence-corrected chi connectivity index (χ0v) is 11.0. The Bertz CT molecular complexity index is 695. The van der Waals surface area contributed by atoms with Crippen molar-refractivity contribution in [2.75, 3.05) is 7.11 Å². The van der Waals surface area contributed by atoms with Crippen molar-refractivity contribution in [2.45, 2.75) is 6.18 Å². The van der Waals surface area contributed by atoms with E-state index in [1.807, 2.05) is 0 Å². The zero-order chi connectivity index (χ0) is 15.8. The molecule has 0 bridgehead atoms. The van der Waals surface area contributed by atoms with Crippen LogP contribution in [0.25, 0.3) is 11.3 Å². The van der Waals surface area contributed by atoms with Crippen LogP contribution in [0.2, 0.25) is 0 Å². The Labute approximate surface area is 116 Å². The summed E-state index contributed by atoms with van der Waals surface area (Å²) in [7, 11) is 2.58. The molecule has 0 aliphatic heterocycles. The van der Waals surface area contributed by atoms with Gasteiger partial charge in [0.05, 0.1) is 7.11 Å². The van der Waals surface area contributed by atoms with Crippen molar-refractivity contribution in [1.82, 2.24) is 14.8 Å². The molecule has 112 valence electrons. The van der Waals surface area contributed by atoms with Crippen molar-refractivity contribution in [2.24, 2.45) is 7.05 Å². The van der Waals surface area contributed by atoms with Gasteiger partial charge >= 0.3 is 12.1 Å². The normalized spacial score (nSPS) is 11.5. The minimum absolute atomic E-state index is 0.0181. The number of carboxylic acid groups (broad SMARTS) is 1. The lowest BCUT2D eigenvalue weighted by Gasteiger charge is -2.11. The predicted molar refractivity (Wildman–Crippen MR) is 65.0 cm³/mol. The first-order valence-electron chi connectivity index (χ1n) is 5.62. The number of alkyl halides is 3. The Morgan fingerprint density at radius 1 is 1.43 bits per heavy atom. The SMILES string of the molecule is COc1cc(-c2nn(C)cc2C(=O)O)cnc1C(F)(F)F. The summed E-state index contributed by atoms with van der Waals surface area (Å²) in [5.74, 6) is -1.74. The molecule has 9 heteroatoms. The number of carboxylic acids is 1. The fraction of sp³-hybridized carbons (Fsp3) is 0.250. The van der Waals surface area contributed by atoms with Gasteiger partial charge in [0, 0.05) is 25.0 Å². The standard InChI is InChI=1S/C12H10F3N3O3/c1-18-5-7(11(19)20)9(17-18)6-3-8(21-2)10(16-4-6)12(13,14)15/h3-5H,1-2H3,(H,19,20). The number of halogens is 3. The molecule has 0 fully saturated rings. The van der Waals surface area contributed by atoms with Gasteiger partial charge < -0.3 is 9.84 Å². The second-order valence-electron chi connectivity index (χ2n) is 4.14. The minimum atomic E-state index is -4.66. The van der Waals surface area contributed by atoms with Crippen LogP contribution in [0.15, 0.2) is 18.5 Å². The van der Waals surface area contributed by atoms with Gasteiger partial charge in [0.15, 0.2) is 5.69 Å². The van der Waals surface area contributed by atoms with E-state index < -0.39 is 23.6 Å². The molecule has 0 atom stereocenters. The molecule has 0 saturated heterocycles. The average molecular weight is 301 g/mol. The van der Waals surface area contributed by atoms with Crippen LogP contribution in [0.3, 0.4) is 0 Å². The van der Waals surface area contributed by atoms with E-state index in [0.29, 0.717) is 0 Å². The molecule has 2 aromatic rings. The lowest BCUT2D eigenvalue weighted by molar-refractivity contribution is -0.142. The van der Waals surface area contributed by atoms with Gasteiger partial charge in [-0.2, -0.15) is 18.3 Å². The van der Waals surface area contributed by atoms with Gasteiger partial charge in [0.25, 0.3) is 0 Å². The summed E-state index contributed by atoms with van der Waals surface area (Å²) < 4.78 is 44.1. The van der Waals surface area contributed by atoms with Crippen LogP contribution in [0, 0.1) is 0 Å². The highest BCUT2D eigenvalue weighted by molar-refractivity contribution is 5.94. The van der Waals surface area contributed by atoms with Crippen LogP contribution >= 0.6 is 0 Å². The molecule has 2 rings (SSSR count). The summed E-state index contributed by atoms with van der Waals surface area (Å²) in [5.41, 5.74) is -1.18. The van der Waals surface area contributed by atoms with E-state index in [2.05, 4.69) is 14.8 Å². The number of aromatic carboxylic acids is 1. The maximum absolute atomic E-state index is 12.7. The number of hydrogen-bond donors (Lipinski definition) is 1. The fourth-order valence-corrected chi connectivity index (χ4v) is 1.80. The maximum Gasteiger partial charge on any atom is 0.437 e. The quantitative estimate of drug-likeness (QED) is 0.940. The first kappa shape index (κ1) is 14.8. The molecule has 6 nitrogen and oxygen atoms in total. The number of methoxy groups -OCH3 is 1. The molecule has 21 heavy (non-hydrogen) atoms. The van der Waals surface area contributed by atoms with E-state index in [9.17, 15) is 18.0 Å². The third kappa shape index (κ3) is 2.81. The number of aromatic nitrogens is 3. The highest BCUT2D eigenvalue weighted by atomic mass is 19.4. The molecule has 1 N–H and O–H groups in total. The smallest absolute Gasteiger partial charge is 0.437 e. The van der Waals surface area contributed by atoms with E-state index in [-0.39, 0.29) is 16.8 Å². The average Bonchev–Trinajstić information content (AvgIpc) is 2.79. The summed E-state index contributed by atoms with van der Waals surface area (Å²) >= 11 is 0. The summed E-state index contributed by atoms with van der Waals surface area (Å²) in [4.78, 5) is 14.4. The van der Waals surface area contributed by atoms with E-state index in [4.69, 9.17) is 5.11 Å². The minimum Gasteiger partial charge on any atom is -0.494 e. The Kier molecular flexibility index (Phi) is 3.58. The Balaban J connectivity index is 2.59. The van der Waals surface area contributed by atoms with Crippen LogP contribution in [-0.4, -0.2) is 33.0 Å². The Hall–Kier alpha value is -2.58. The fourth-order valence-electron chi connectivity index (χ4n) is 1.80. The predicted octanol–water partition coefficient (Wildman–Crippen LogP) is 2.21. The van der Waals surface area contributed by atoms with Crippen LogP contribution in [-0.2, 0) is 13.2 Å². The summed E-state index contributed by atoms with van der Waals surface area (Å²) in [6, 6.07) is 1.06. The Morgan fingerprint density at radius 2 is 2.10 bits per heavy atom. The van der Waals surface area contributed by atoms with Crippen LogP contribution in [0.4, 0.5) is 13.2 Å². The topological polar surface area (TPSA) is 77.2 Å². The van der Waals surface area contributed by atoms with Gasteiger partial charge in [-0.25, -0.2) is 9.78 Å². The van der Waals surface area contributed by atoms with E-state index in [1.54, 1.807) is 0 Å². The van der Waals surface area contributed by atoms with Gasteiger partial charge in [0.2, 0.25) is 0 Å². The van der Waals surface area contributed by atoms with Crippen molar-refractivity contribution in [3.8, 4) is 17.0 Å². The summed E-state index contributed by atoms with van der Waals surface area (Å²) in [6.07, 6.45) is -2.49. The number of hydrogen-bond acceptors (Lipinski definition) is 4. The highest BCUT2D eigenvalue weighted by Gasteiger charge is 2.36. The third-order valence-corrected chi connectivity index (χ3v) is 2.67. The van der Waals surface area contributed by atoms with Gasteiger partial charge in [-0.15, -0.1) is 0 Å². The molecule has 2 aromatic heterocycles. The van der Waals surface area contributed by atoms with Gasteiger partial charge in [0.1, 0.15) is 17.0 Å². The molecule has 0 aliphatic rings. The van der Waals surface area contributed by atoms with Crippen molar-refractivity contribution >= 4 is 5.97 Å². The van der Waals surface area contributed by atoms with Crippen molar-refractivity contribution < 1.29 is 27.8 Å². The first-order chi connectivity index (χ1) is 9.74. The molecule has 0 unspecified atom stereocenters. The lowest BCUT2D eigenvalue weighted by Crippen LogP contribution is -2.10. The van der Waals surface area contributed by atoms with Gasteiger partial charge in [-0.05, 0) is 6.07 Å². The lowest BCUT2D eigenvalue weighted by atomic mass is 10.1. The molecule has 0 aliphatic carbocycles. The second kappa shape index (κ2) is 5.08. The largest absolute Gasteiger partial charge is 0.494 e. The van der Waals surface area contributed by atoms with Crippen LogP contribution in [0.5, 0.6) is 5.75 Å². The van der Waals surface area contributed by atoms with Crippen molar-refractivity contribution in [3.05, 3.63) is 29.7 Å². The number of pyridine rings is 1. The highest BCUT2D eigenvalue weighted by Crippen LogP contribution is 2.36. The molecule has 2 heterocycles. The molecule has 0 saturated carbocycles. The number of aryl methyl sites for hydroxylation is 1. The number of ether oxygens (including phenoxy) is 1. The number of nitrogens with zero attached hydrogens (tertiary/aromatic N) is 3. The molecular weight excluding hydrogens is 291 g/mol. The maximum atomic E-state index is 12.7. The zero-order valence-electron chi connectivity index (χ0n) is 11.0. The third-order valence-electron chi connectivity index (χ3n) is 2.67. The van der Waals surface area contributed by atoms with Crippen LogP contribution in [0.1, 0.15) is 16.1 Å². The Morgan fingerprint density at radius 3 is 2.62 bits per heavy atom.